The first-order chi connectivity index (χ1) is 15.5. The summed E-state index contributed by atoms with van der Waals surface area (Å²) in [6.07, 6.45) is 7.68. The van der Waals surface area contributed by atoms with E-state index in [9.17, 15) is 19.5 Å². The van der Waals surface area contributed by atoms with Gasteiger partial charge in [0.05, 0.1) is 0 Å². The fraction of sp³-hybridized carbons (Fsp3) is 0.560. The number of amides is 2. The van der Waals surface area contributed by atoms with Gasteiger partial charge in [-0.2, -0.15) is 18.2 Å². The zero-order chi connectivity index (χ0) is 22.9. The number of benzene rings is 1. The predicted octanol–water partition coefficient (Wildman–Crippen LogP) is 3.36. The second-order valence-electron chi connectivity index (χ2n) is 8.72. The van der Waals surface area contributed by atoms with Crippen molar-refractivity contribution in [1.82, 2.24) is 9.80 Å². The van der Waals surface area contributed by atoms with E-state index in [1.54, 1.807) is 29.2 Å². The second-order valence-corrected chi connectivity index (χ2v) is 9.13. The van der Waals surface area contributed by atoms with Crippen LogP contribution in [0.4, 0.5) is 0 Å². The topological polar surface area (TPSA) is 77.9 Å². The molecule has 0 bridgehead atoms. The summed E-state index contributed by atoms with van der Waals surface area (Å²) in [7, 11) is 0. The van der Waals surface area contributed by atoms with Crippen LogP contribution in [0.3, 0.4) is 0 Å². The van der Waals surface area contributed by atoms with Crippen molar-refractivity contribution < 1.29 is 50.6 Å². The number of ketones is 1. The molecule has 2 amide bonds. The summed E-state index contributed by atoms with van der Waals surface area (Å²) in [5.41, 5.74) is 0.848. The van der Waals surface area contributed by atoms with Crippen LogP contribution in [0.1, 0.15) is 50.5 Å². The molecular formula is C25H32ClN2O4U-. The van der Waals surface area contributed by atoms with E-state index in [4.69, 9.17) is 11.6 Å². The van der Waals surface area contributed by atoms with Crippen LogP contribution in [0.2, 0.25) is 5.02 Å². The molecule has 0 saturated carbocycles. The van der Waals surface area contributed by atoms with Gasteiger partial charge in [-0.3, -0.25) is 14.4 Å². The number of aliphatic hydroxyl groups is 1. The SMILES string of the molecule is O=C(/C=C/c1cc[c-]c(Cl)c1)C1CCCN(CCC(=O)N2CCC(CO)CC2)C(=O)CC1.[U]. The third kappa shape index (κ3) is 8.87. The van der Waals surface area contributed by atoms with E-state index in [0.717, 1.165) is 31.2 Å². The first kappa shape index (κ1) is 28.1. The van der Waals surface area contributed by atoms with Crippen LogP contribution in [0.25, 0.3) is 6.08 Å². The number of carbonyl (C=O) groups is 3. The maximum Gasteiger partial charge on any atom is 0.224 e. The molecule has 1 aromatic carbocycles. The Morgan fingerprint density at radius 2 is 1.94 bits per heavy atom. The Kier molecular flexibility index (Phi) is 12.2. The molecule has 1 aromatic rings. The van der Waals surface area contributed by atoms with Crippen molar-refractivity contribution in [3.63, 3.8) is 0 Å². The molecule has 1 unspecified atom stereocenters. The minimum Gasteiger partial charge on any atom is -0.396 e. The van der Waals surface area contributed by atoms with Crippen molar-refractivity contribution in [1.29, 1.82) is 0 Å². The zero-order valence-electron chi connectivity index (χ0n) is 19.0. The zero-order valence-corrected chi connectivity index (χ0v) is 23.9. The summed E-state index contributed by atoms with van der Waals surface area (Å²) in [6, 6.07) is 8.17. The van der Waals surface area contributed by atoms with Gasteiger partial charge in [0.2, 0.25) is 11.8 Å². The molecule has 2 aliphatic heterocycles. The molecule has 2 fully saturated rings. The standard InChI is InChI=1S/C25H32ClN2O4.U/c26-22-5-1-3-19(17-22)6-8-23(30)21-4-2-13-27(24(31)9-7-21)16-12-25(32)28-14-10-20(18-29)11-15-28;/h1,3,6,8,17,20-21,29H,2,4,7,9-16,18H2;/q-1;/b8-6+;. The molecule has 0 radical (unpaired) electrons. The third-order valence-electron chi connectivity index (χ3n) is 6.49. The van der Waals surface area contributed by atoms with Gasteiger partial charge in [0.15, 0.2) is 5.78 Å². The maximum absolute atomic E-state index is 12.6. The Hall–Kier alpha value is -1.13. The molecule has 1 N–H and O–H groups in total. The van der Waals surface area contributed by atoms with Gasteiger partial charge in [0.25, 0.3) is 0 Å². The molecule has 178 valence electrons. The molecule has 2 heterocycles. The van der Waals surface area contributed by atoms with Crippen molar-refractivity contribution in [3.05, 3.63) is 40.9 Å². The molecule has 2 saturated heterocycles. The van der Waals surface area contributed by atoms with E-state index in [1.165, 1.54) is 0 Å². The molecular weight excluding hydrogens is 666 g/mol. The number of rotatable bonds is 7. The number of allylic oxidation sites excluding steroid dienone is 1. The van der Waals surface area contributed by atoms with Gasteiger partial charge in [-0.15, -0.1) is 23.2 Å². The summed E-state index contributed by atoms with van der Waals surface area (Å²) in [5, 5.41) is 9.74. The van der Waals surface area contributed by atoms with Gasteiger partial charge in [0, 0.05) is 82.7 Å². The fourth-order valence-electron chi connectivity index (χ4n) is 4.40. The first-order valence-corrected chi connectivity index (χ1v) is 11.9. The molecule has 0 aliphatic carbocycles. The first-order valence-electron chi connectivity index (χ1n) is 11.5. The normalized spacial score (nSPS) is 20.3. The number of carbonyl (C=O) groups excluding carboxylic acids is 3. The van der Waals surface area contributed by atoms with E-state index in [1.807, 2.05) is 11.0 Å². The Balaban J connectivity index is 0.00000385. The average Bonchev–Trinajstić information content (AvgIpc) is 2.80. The summed E-state index contributed by atoms with van der Waals surface area (Å²) < 4.78 is 0. The summed E-state index contributed by atoms with van der Waals surface area (Å²) >= 11 is 5.93. The molecule has 1 atom stereocenters. The Labute approximate surface area is 225 Å². The summed E-state index contributed by atoms with van der Waals surface area (Å²) in [4.78, 5) is 41.4. The molecule has 2 aliphatic rings. The van der Waals surface area contributed by atoms with Crippen molar-refractivity contribution in [3.8, 4) is 0 Å². The fourth-order valence-corrected chi connectivity index (χ4v) is 4.59. The van der Waals surface area contributed by atoms with Crippen LogP contribution in [0, 0.1) is 49.0 Å². The van der Waals surface area contributed by atoms with E-state index in [0.29, 0.717) is 56.4 Å². The monoisotopic (exact) mass is 697 g/mol. The number of aliphatic hydroxyl groups excluding tert-OH is 1. The molecule has 3 rings (SSSR count). The van der Waals surface area contributed by atoms with Crippen molar-refractivity contribution >= 4 is 35.3 Å². The Morgan fingerprint density at radius 3 is 2.64 bits per heavy atom. The number of piperidine rings is 1. The minimum atomic E-state index is -0.155. The van der Waals surface area contributed by atoms with Crippen LogP contribution in [0.15, 0.2) is 24.3 Å². The predicted molar refractivity (Wildman–Crippen MR) is 124 cm³/mol. The number of halogens is 1. The van der Waals surface area contributed by atoms with Gasteiger partial charge in [-0.05, 0) is 44.1 Å². The Bertz CT molecular complexity index is 839. The quantitative estimate of drug-likeness (QED) is 0.351. The van der Waals surface area contributed by atoms with Crippen LogP contribution in [-0.2, 0) is 14.4 Å². The molecule has 6 nitrogen and oxygen atoms in total. The smallest absolute Gasteiger partial charge is 0.224 e. The van der Waals surface area contributed by atoms with Crippen molar-refractivity contribution in [2.24, 2.45) is 11.8 Å². The summed E-state index contributed by atoms with van der Waals surface area (Å²) in [5.74, 6) is 0.274. The number of hydrogen-bond donors (Lipinski definition) is 1. The number of hydrogen-bond acceptors (Lipinski definition) is 4. The van der Waals surface area contributed by atoms with Crippen LogP contribution in [0.5, 0.6) is 0 Å². The van der Waals surface area contributed by atoms with Gasteiger partial charge in [-0.25, -0.2) is 0 Å². The van der Waals surface area contributed by atoms with Crippen LogP contribution >= 0.6 is 11.6 Å². The largest absolute Gasteiger partial charge is 0.396 e. The van der Waals surface area contributed by atoms with Crippen LogP contribution in [-0.4, -0.2) is 65.3 Å². The van der Waals surface area contributed by atoms with Gasteiger partial charge < -0.3 is 14.9 Å². The Morgan fingerprint density at radius 1 is 1.18 bits per heavy atom. The van der Waals surface area contributed by atoms with Crippen molar-refractivity contribution in [2.75, 3.05) is 32.8 Å². The van der Waals surface area contributed by atoms with E-state index in [-0.39, 0.29) is 61.2 Å². The van der Waals surface area contributed by atoms with Gasteiger partial charge in [-0.1, -0.05) is 11.1 Å². The summed E-state index contributed by atoms with van der Waals surface area (Å²) in [6.45, 7) is 2.56. The van der Waals surface area contributed by atoms with Crippen LogP contribution < -0.4 is 0 Å². The molecule has 33 heavy (non-hydrogen) atoms. The number of nitrogens with zero attached hydrogens (tertiary/aromatic N) is 2. The van der Waals surface area contributed by atoms with Gasteiger partial charge in [0.1, 0.15) is 0 Å². The molecule has 8 heteroatoms. The van der Waals surface area contributed by atoms with E-state index in [2.05, 4.69) is 6.07 Å². The van der Waals surface area contributed by atoms with E-state index < -0.39 is 0 Å². The third-order valence-corrected chi connectivity index (χ3v) is 6.71. The molecule has 0 spiro atoms. The average molecular weight is 698 g/mol. The minimum absolute atomic E-state index is 0. The van der Waals surface area contributed by atoms with Gasteiger partial charge >= 0.3 is 0 Å². The molecule has 0 aromatic heterocycles. The maximum atomic E-state index is 12.6. The second kappa shape index (κ2) is 14.3. The van der Waals surface area contributed by atoms with Crippen molar-refractivity contribution in [2.45, 2.75) is 44.9 Å². The van der Waals surface area contributed by atoms with E-state index >= 15 is 0 Å². The number of likely N-dealkylation sites (tertiary alicyclic amines) is 2.